The Morgan fingerprint density at radius 3 is 2.55 bits per heavy atom. The Morgan fingerprint density at radius 2 is 2.00 bits per heavy atom. The first kappa shape index (κ1) is 16.1. The third-order valence-electron chi connectivity index (χ3n) is 2.49. The van der Waals surface area contributed by atoms with Crippen molar-refractivity contribution in [1.82, 2.24) is 4.90 Å². The summed E-state index contributed by atoms with van der Waals surface area (Å²) in [5.74, 6) is 5.83. The summed E-state index contributed by atoms with van der Waals surface area (Å²) >= 11 is 0. The molecule has 1 aromatic rings. The van der Waals surface area contributed by atoms with Gasteiger partial charge in [0.2, 0.25) is 0 Å². The number of aliphatic hydroxyl groups excluding tert-OH is 1. The van der Waals surface area contributed by atoms with E-state index in [-0.39, 0.29) is 18.8 Å². The highest BCUT2D eigenvalue weighted by Gasteiger charge is 2.11. The van der Waals surface area contributed by atoms with Crippen molar-refractivity contribution >= 4 is 6.09 Å². The van der Waals surface area contributed by atoms with E-state index in [1.54, 1.807) is 7.05 Å². The van der Waals surface area contributed by atoms with Crippen LogP contribution in [-0.2, 0) is 11.3 Å². The van der Waals surface area contributed by atoms with E-state index in [9.17, 15) is 4.79 Å². The van der Waals surface area contributed by atoms with Crippen molar-refractivity contribution in [2.75, 3.05) is 13.7 Å². The third-order valence-corrected chi connectivity index (χ3v) is 2.49. The Labute approximate surface area is 120 Å². The number of aliphatic hydroxyl groups is 1. The van der Waals surface area contributed by atoms with Crippen LogP contribution in [0.25, 0.3) is 0 Å². The van der Waals surface area contributed by atoms with Gasteiger partial charge in [-0.3, -0.25) is 0 Å². The van der Waals surface area contributed by atoms with Crippen molar-refractivity contribution < 1.29 is 14.6 Å². The topological polar surface area (TPSA) is 49.8 Å². The lowest BCUT2D eigenvalue weighted by Crippen LogP contribution is -2.29. The van der Waals surface area contributed by atoms with Crippen molar-refractivity contribution in [2.45, 2.75) is 32.9 Å². The second kappa shape index (κ2) is 8.23. The third kappa shape index (κ3) is 5.77. The van der Waals surface area contributed by atoms with Gasteiger partial charge in [-0.1, -0.05) is 24.0 Å². The SMILES string of the molecule is CC(C)OC(=O)N(C)Cc1ccc(C#CCCO)cc1. The maximum absolute atomic E-state index is 11.7. The van der Waals surface area contributed by atoms with Gasteiger partial charge in [-0.05, 0) is 31.5 Å². The molecule has 0 saturated carbocycles. The predicted molar refractivity (Wildman–Crippen MR) is 78.1 cm³/mol. The molecule has 0 heterocycles. The minimum Gasteiger partial charge on any atom is -0.447 e. The summed E-state index contributed by atoms with van der Waals surface area (Å²) in [6.45, 7) is 4.22. The molecule has 0 aliphatic heterocycles. The van der Waals surface area contributed by atoms with Gasteiger partial charge < -0.3 is 14.7 Å². The van der Waals surface area contributed by atoms with E-state index in [0.29, 0.717) is 13.0 Å². The summed E-state index contributed by atoms with van der Waals surface area (Å²) in [6, 6.07) is 7.67. The molecule has 0 radical (unpaired) electrons. The number of hydrogen-bond acceptors (Lipinski definition) is 3. The van der Waals surface area contributed by atoms with Crippen LogP contribution in [0.15, 0.2) is 24.3 Å². The van der Waals surface area contributed by atoms with Crippen molar-refractivity contribution in [2.24, 2.45) is 0 Å². The molecule has 1 rings (SSSR count). The second-order valence-electron chi connectivity index (χ2n) is 4.76. The maximum Gasteiger partial charge on any atom is 0.410 e. The summed E-state index contributed by atoms with van der Waals surface area (Å²) in [5.41, 5.74) is 1.91. The smallest absolute Gasteiger partial charge is 0.410 e. The Balaban J connectivity index is 2.57. The number of amides is 1. The largest absolute Gasteiger partial charge is 0.447 e. The van der Waals surface area contributed by atoms with Gasteiger partial charge in [-0.25, -0.2) is 4.79 Å². The molecular formula is C16H21NO3. The summed E-state index contributed by atoms with van der Waals surface area (Å²) in [6.07, 6.45) is 0.0341. The Bertz CT molecular complexity index is 483. The van der Waals surface area contributed by atoms with Gasteiger partial charge in [0, 0.05) is 25.6 Å². The first-order valence-corrected chi connectivity index (χ1v) is 6.63. The molecule has 4 nitrogen and oxygen atoms in total. The van der Waals surface area contributed by atoms with Gasteiger partial charge in [-0.2, -0.15) is 0 Å². The van der Waals surface area contributed by atoms with E-state index in [2.05, 4.69) is 11.8 Å². The molecule has 0 unspecified atom stereocenters. The first-order chi connectivity index (χ1) is 9.52. The molecule has 0 atom stereocenters. The van der Waals surface area contributed by atoms with Crippen LogP contribution in [0.3, 0.4) is 0 Å². The number of rotatable bonds is 4. The molecule has 0 spiro atoms. The number of carbonyl (C=O) groups excluding carboxylic acids is 1. The lowest BCUT2D eigenvalue weighted by Gasteiger charge is -2.18. The van der Waals surface area contributed by atoms with E-state index >= 15 is 0 Å². The van der Waals surface area contributed by atoms with Crippen LogP contribution >= 0.6 is 0 Å². The molecule has 1 amide bonds. The van der Waals surface area contributed by atoms with Crippen LogP contribution in [-0.4, -0.2) is 35.9 Å². The fourth-order valence-electron chi connectivity index (χ4n) is 1.54. The van der Waals surface area contributed by atoms with E-state index in [4.69, 9.17) is 9.84 Å². The fraction of sp³-hybridized carbons (Fsp3) is 0.438. The van der Waals surface area contributed by atoms with Crippen molar-refractivity contribution in [3.63, 3.8) is 0 Å². The summed E-state index contributed by atoms with van der Waals surface area (Å²) in [4.78, 5) is 13.2. The molecular weight excluding hydrogens is 254 g/mol. The van der Waals surface area contributed by atoms with Gasteiger partial charge in [-0.15, -0.1) is 0 Å². The van der Waals surface area contributed by atoms with Gasteiger partial charge in [0.05, 0.1) is 12.7 Å². The zero-order chi connectivity index (χ0) is 15.0. The molecule has 0 aromatic heterocycles. The van der Waals surface area contributed by atoms with E-state index in [1.807, 2.05) is 38.1 Å². The molecule has 0 fully saturated rings. The van der Waals surface area contributed by atoms with Crippen LogP contribution in [0, 0.1) is 11.8 Å². The number of nitrogens with zero attached hydrogens (tertiary/aromatic N) is 1. The number of benzene rings is 1. The van der Waals surface area contributed by atoms with E-state index < -0.39 is 0 Å². The highest BCUT2D eigenvalue weighted by atomic mass is 16.6. The Hall–Kier alpha value is -1.99. The molecule has 0 aliphatic carbocycles. The predicted octanol–water partition coefficient (Wildman–Crippen LogP) is 2.40. The van der Waals surface area contributed by atoms with Crippen molar-refractivity contribution in [3.8, 4) is 11.8 Å². The Morgan fingerprint density at radius 1 is 1.35 bits per heavy atom. The van der Waals surface area contributed by atoms with Gasteiger partial charge in [0.15, 0.2) is 0 Å². The first-order valence-electron chi connectivity index (χ1n) is 6.63. The van der Waals surface area contributed by atoms with Crippen LogP contribution in [0.1, 0.15) is 31.4 Å². The molecule has 0 aliphatic rings. The second-order valence-corrected chi connectivity index (χ2v) is 4.76. The Kier molecular flexibility index (Phi) is 6.61. The number of carbonyl (C=O) groups is 1. The molecule has 1 N–H and O–H groups in total. The zero-order valence-corrected chi connectivity index (χ0v) is 12.2. The zero-order valence-electron chi connectivity index (χ0n) is 12.2. The molecule has 20 heavy (non-hydrogen) atoms. The van der Waals surface area contributed by atoms with Crippen LogP contribution in [0.4, 0.5) is 4.79 Å². The van der Waals surface area contributed by atoms with Crippen LogP contribution in [0.2, 0.25) is 0 Å². The summed E-state index contributed by atoms with van der Waals surface area (Å²) in [5, 5.41) is 8.65. The molecule has 1 aromatic carbocycles. The number of hydrogen-bond donors (Lipinski definition) is 1. The van der Waals surface area contributed by atoms with Gasteiger partial charge in [0.1, 0.15) is 0 Å². The van der Waals surface area contributed by atoms with Crippen LogP contribution in [0.5, 0.6) is 0 Å². The standard InChI is InChI=1S/C16H21NO3/c1-13(2)20-16(19)17(3)12-15-9-7-14(8-10-15)6-4-5-11-18/h7-10,13,18H,5,11-12H2,1-3H3. The molecule has 108 valence electrons. The van der Waals surface area contributed by atoms with Gasteiger partial charge >= 0.3 is 6.09 Å². The lowest BCUT2D eigenvalue weighted by atomic mass is 10.1. The monoisotopic (exact) mass is 275 g/mol. The maximum atomic E-state index is 11.7. The minimum absolute atomic E-state index is 0.0772. The normalized spacial score (nSPS) is 9.85. The molecule has 4 heteroatoms. The summed E-state index contributed by atoms with van der Waals surface area (Å²) in [7, 11) is 1.71. The highest BCUT2D eigenvalue weighted by molar-refractivity contribution is 5.67. The quantitative estimate of drug-likeness (QED) is 0.858. The van der Waals surface area contributed by atoms with E-state index in [1.165, 1.54) is 4.90 Å². The van der Waals surface area contributed by atoms with Gasteiger partial charge in [0.25, 0.3) is 0 Å². The average molecular weight is 275 g/mol. The van der Waals surface area contributed by atoms with Crippen LogP contribution < -0.4 is 0 Å². The number of ether oxygens (including phenoxy) is 1. The fourth-order valence-corrected chi connectivity index (χ4v) is 1.54. The van der Waals surface area contributed by atoms with E-state index in [0.717, 1.165) is 11.1 Å². The van der Waals surface area contributed by atoms with Crippen molar-refractivity contribution in [1.29, 1.82) is 0 Å². The average Bonchev–Trinajstić information content (AvgIpc) is 2.40. The summed E-state index contributed by atoms with van der Waals surface area (Å²) < 4.78 is 5.11. The minimum atomic E-state index is -0.327. The molecule has 0 saturated heterocycles. The lowest BCUT2D eigenvalue weighted by molar-refractivity contribution is 0.0822. The highest BCUT2D eigenvalue weighted by Crippen LogP contribution is 2.07. The molecule has 0 bridgehead atoms. The van der Waals surface area contributed by atoms with Crippen molar-refractivity contribution in [3.05, 3.63) is 35.4 Å².